The minimum Gasteiger partial charge on any atom is -0.330 e. The van der Waals surface area contributed by atoms with Crippen molar-refractivity contribution in [1.29, 1.82) is 0 Å². The second kappa shape index (κ2) is 11.1. The van der Waals surface area contributed by atoms with Gasteiger partial charge in [0.05, 0.1) is 12.7 Å². The molecule has 8 heteroatoms. The smallest absolute Gasteiger partial charge is 0.246 e. The first-order valence-corrected chi connectivity index (χ1v) is 11.7. The highest BCUT2D eigenvalue weighted by Crippen LogP contribution is 2.21. The molecule has 32 heavy (non-hydrogen) atoms. The van der Waals surface area contributed by atoms with Crippen molar-refractivity contribution in [3.05, 3.63) is 63.7 Å². The van der Waals surface area contributed by atoms with Crippen LogP contribution >= 0.6 is 23.2 Å². The molecule has 0 N–H and O–H groups in total. The number of carbonyl (C=O) groups excluding carboxylic acids is 2. The van der Waals surface area contributed by atoms with E-state index >= 15 is 0 Å². The predicted octanol–water partition coefficient (Wildman–Crippen LogP) is 4.63. The molecule has 1 aromatic heterocycles. The lowest BCUT2D eigenvalue weighted by Gasteiger charge is -2.27. The summed E-state index contributed by atoms with van der Waals surface area (Å²) in [7, 11) is 2.09. The van der Waals surface area contributed by atoms with Crippen LogP contribution in [-0.2, 0) is 24.3 Å². The Morgan fingerprint density at radius 1 is 1.22 bits per heavy atom. The number of aromatic nitrogens is 2. The molecule has 2 aliphatic heterocycles. The zero-order valence-electron chi connectivity index (χ0n) is 18.9. The molecular formula is C24H30Cl2N4O2. The van der Waals surface area contributed by atoms with Crippen LogP contribution in [0.2, 0.25) is 10.0 Å². The van der Waals surface area contributed by atoms with Gasteiger partial charge in [-0.3, -0.25) is 14.5 Å². The van der Waals surface area contributed by atoms with Crippen molar-refractivity contribution in [2.24, 2.45) is 0 Å². The van der Waals surface area contributed by atoms with Gasteiger partial charge in [-0.25, -0.2) is 4.98 Å². The zero-order chi connectivity index (χ0) is 23.3. The molecule has 3 heterocycles. The van der Waals surface area contributed by atoms with Crippen molar-refractivity contribution in [3.63, 3.8) is 0 Å². The Kier molecular flexibility index (Phi) is 8.51. The van der Waals surface area contributed by atoms with E-state index < -0.39 is 0 Å². The van der Waals surface area contributed by atoms with E-state index in [1.807, 2.05) is 22.8 Å². The molecule has 2 aromatic rings. The molecule has 4 rings (SSSR count). The van der Waals surface area contributed by atoms with Gasteiger partial charge in [0.2, 0.25) is 5.91 Å². The van der Waals surface area contributed by atoms with Crippen LogP contribution in [0.5, 0.6) is 0 Å². The number of likely N-dealkylation sites (tertiary alicyclic amines) is 1. The third-order valence-corrected chi connectivity index (χ3v) is 6.56. The molecule has 1 saturated heterocycles. The molecular weight excluding hydrogens is 447 g/mol. The second-order valence-corrected chi connectivity index (χ2v) is 9.01. The van der Waals surface area contributed by atoms with E-state index in [2.05, 4.69) is 23.9 Å². The van der Waals surface area contributed by atoms with Gasteiger partial charge in [0, 0.05) is 42.2 Å². The van der Waals surface area contributed by atoms with Gasteiger partial charge in [0.15, 0.2) is 5.78 Å². The number of hydrogen-bond acceptors (Lipinski definition) is 4. The van der Waals surface area contributed by atoms with Crippen molar-refractivity contribution in [2.75, 3.05) is 20.1 Å². The molecule has 1 aromatic carbocycles. The van der Waals surface area contributed by atoms with Crippen LogP contribution in [0.1, 0.15) is 48.6 Å². The SMILES string of the molecule is CC(=O)c1cnc2n1CCN(C(=O)/C=C/C1CCCN1C)C2.CCc1ccc(Cl)cc1Cl. The summed E-state index contributed by atoms with van der Waals surface area (Å²) in [4.78, 5) is 32.2. The summed E-state index contributed by atoms with van der Waals surface area (Å²) < 4.78 is 1.92. The molecule has 2 aliphatic rings. The van der Waals surface area contributed by atoms with Gasteiger partial charge in [-0.2, -0.15) is 0 Å². The molecule has 0 radical (unpaired) electrons. The maximum absolute atomic E-state index is 12.3. The number of benzene rings is 1. The van der Waals surface area contributed by atoms with Crippen molar-refractivity contribution >= 4 is 34.9 Å². The number of hydrogen-bond donors (Lipinski definition) is 0. The number of nitrogens with zero attached hydrogens (tertiary/aromatic N) is 4. The quantitative estimate of drug-likeness (QED) is 0.476. The van der Waals surface area contributed by atoms with Crippen molar-refractivity contribution < 1.29 is 9.59 Å². The lowest BCUT2D eigenvalue weighted by molar-refractivity contribution is -0.127. The first-order chi connectivity index (χ1) is 15.3. The van der Waals surface area contributed by atoms with Crippen LogP contribution in [0.25, 0.3) is 0 Å². The summed E-state index contributed by atoms with van der Waals surface area (Å²) in [5.41, 5.74) is 1.77. The number of imidazole rings is 1. The summed E-state index contributed by atoms with van der Waals surface area (Å²) in [6.45, 7) is 6.42. The lowest BCUT2D eigenvalue weighted by Crippen LogP contribution is -2.38. The highest BCUT2D eigenvalue weighted by molar-refractivity contribution is 6.35. The second-order valence-electron chi connectivity index (χ2n) is 8.17. The maximum atomic E-state index is 12.3. The van der Waals surface area contributed by atoms with E-state index in [1.54, 1.807) is 30.2 Å². The van der Waals surface area contributed by atoms with E-state index in [1.165, 1.54) is 6.42 Å². The van der Waals surface area contributed by atoms with Crippen LogP contribution in [0.15, 0.2) is 36.5 Å². The fourth-order valence-electron chi connectivity index (χ4n) is 4.02. The van der Waals surface area contributed by atoms with Crippen LogP contribution in [-0.4, -0.2) is 57.2 Å². The standard InChI is InChI=1S/C16H22N4O2.C8H8Cl2/c1-12(21)14-10-17-15-11-19(8-9-20(14)15)16(22)6-5-13-4-3-7-18(13)2;1-2-6-3-4-7(9)5-8(6)10/h5-6,10,13H,3-4,7-9,11H2,1-2H3;3-5H,2H2,1H3/b6-5+;. The molecule has 0 saturated carbocycles. The molecule has 172 valence electrons. The summed E-state index contributed by atoms with van der Waals surface area (Å²) in [6, 6.07) is 5.94. The minimum absolute atomic E-state index is 0.0164. The molecule has 1 fully saturated rings. The predicted molar refractivity (Wildman–Crippen MR) is 128 cm³/mol. The average molecular weight is 477 g/mol. The number of halogens is 2. The van der Waals surface area contributed by atoms with Crippen LogP contribution in [0.4, 0.5) is 0 Å². The third-order valence-electron chi connectivity index (χ3n) is 5.97. The highest BCUT2D eigenvalue weighted by atomic mass is 35.5. The molecule has 0 aliphatic carbocycles. The Hall–Kier alpha value is -2.15. The summed E-state index contributed by atoms with van der Waals surface area (Å²) in [6.07, 6.45) is 8.57. The summed E-state index contributed by atoms with van der Waals surface area (Å²) in [5, 5.41) is 1.46. The molecule has 6 nitrogen and oxygen atoms in total. The van der Waals surface area contributed by atoms with Crippen LogP contribution < -0.4 is 0 Å². The number of rotatable bonds is 4. The number of ketones is 1. The number of fused-ring (bicyclic) bond motifs is 1. The van der Waals surface area contributed by atoms with Gasteiger partial charge >= 0.3 is 0 Å². The largest absolute Gasteiger partial charge is 0.330 e. The average Bonchev–Trinajstić information content (AvgIpc) is 3.38. The maximum Gasteiger partial charge on any atom is 0.246 e. The highest BCUT2D eigenvalue weighted by Gasteiger charge is 2.24. The van der Waals surface area contributed by atoms with Crippen molar-refractivity contribution in [1.82, 2.24) is 19.4 Å². The fourth-order valence-corrected chi connectivity index (χ4v) is 4.56. The summed E-state index contributed by atoms with van der Waals surface area (Å²) >= 11 is 11.5. The third kappa shape index (κ3) is 6.00. The van der Waals surface area contributed by atoms with E-state index in [0.29, 0.717) is 36.4 Å². The Bertz CT molecular complexity index is 1000. The minimum atomic E-state index is 0.0164. The van der Waals surface area contributed by atoms with Crippen molar-refractivity contribution in [3.8, 4) is 0 Å². The van der Waals surface area contributed by atoms with E-state index in [0.717, 1.165) is 35.8 Å². The lowest BCUT2D eigenvalue weighted by atomic mass is 10.2. The summed E-state index contributed by atoms with van der Waals surface area (Å²) in [5.74, 6) is 0.831. The molecule has 0 bridgehead atoms. The zero-order valence-corrected chi connectivity index (χ0v) is 20.4. The van der Waals surface area contributed by atoms with Crippen molar-refractivity contribution in [2.45, 2.75) is 52.2 Å². The van der Waals surface area contributed by atoms with E-state index in [9.17, 15) is 9.59 Å². The normalized spacial score (nSPS) is 18.4. The number of amides is 1. The van der Waals surface area contributed by atoms with Gasteiger partial charge in [-0.05, 0) is 50.6 Å². The van der Waals surface area contributed by atoms with E-state index in [4.69, 9.17) is 23.2 Å². The molecule has 1 atom stereocenters. The molecule has 0 spiro atoms. The number of carbonyl (C=O) groups is 2. The van der Waals surface area contributed by atoms with Gasteiger partial charge in [0.1, 0.15) is 11.5 Å². The Morgan fingerprint density at radius 3 is 2.62 bits per heavy atom. The number of aryl methyl sites for hydroxylation is 1. The van der Waals surface area contributed by atoms with E-state index in [-0.39, 0.29) is 11.7 Å². The molecule has 1 unspecified atom stereocenters. The van der Waals surface area contributed by atoms with Crippen LogP contribution in [0, 0.1) is 0 Å². The topological polar surface area (TPSA) is 58.4 Å². The Labute approximate surface area is 199 Å². The Balaban J connectivity index is 0.000000243. The fraction of sp³-hybridized carbons (Fsp3) is 0.458. The Morgan fingerprint density at radius 2 is 2.00 bits per heavy atom. The number of Topliss-reactive ketones (excluding diaryl/α,β-unsaturated/α-hetero) is 1. The molecule has 1 amide bonds. The first kappa shape index (κ1) is 24.5. The monoisotopic (exact) mass is 476 g/mol. The van der Waals surface area contributed by atoms with Crippen LogP contribution in [0.3, 0.4) is 0 Å². The first-order valence-electron chi connectivity index (χ1n) is 11.0. The van der Waals surface area contributed by atoms with Gasteiger partial charge in [-0.1, -0.05) is 42.3 Å². The van der Waals surface area contributed by atoms with Gasteiger partial charge in [-0.15, -0.1) is 0 Å². The van der Waals surface area contributed by atoms with Gasteiger partial charge < -0.3 is 9.47 Å². The van der Waals surface area contributed by atoms with Gasteiger partial charge in [0.25, 0.3) is 0 Å². The number of likely N-dealkylation sites (N-methyl/N-ethyl adjacent to an activating group) is 1.